The number of fused-ring (bicyclic) bond motifs is 1. The van der Waals surface area contributed by atoms with Gasteiger partial charge in [0.2, 0.25) is 0 Å². The average molecular weight is 389 g/mol. The summed E-state index contributed by atoms with van der Waals surface area (Å²) in [4.78, 5) is 12.0. The maximum absolute atomic E-state index is 10.8. The number of non-ortho nitro benzene ring substituents is 1. The number of hydrogen-bond acceptors (Lipinski definition) is 4. The zero-order valence-electron chi connectivity index (χ0n) is 16.5. The highest BCUT2D eigenvalue weighted by molar-refractivity contribution is 5.98. The third-order valence-corrected chi connectivity index (χ3v) is 5.55. The fraction of sp³-hybridized carbons (Fsp3) is 0.261. The average Bonchev–Trinajstić information content (AvgIpc) is 2.75. The maximum atomic E-state index is 10.8. The summed E-state index contributed by atoms with van der Waals surface area (Å²) in [5, 5.41) is 20.3. The molecule has 0 amide bonds. The Morgan fingerprint density at radius 2 is 1.72 bits per heavy atom. The van der Waals surface area contributed by atoms with Crippen LogP contribution in [0, 0.1) is 10.1 Å². The molecule has 1 heterocycles. The molecule has 4 rings (SSSR count). The van der Waals surface area contributed by atoms with Gasteiger partial charge >= 0.3 is 0 Å². The Balaban J connectivity index is 1.37. The number of nitrogens with zero attached hydrogens (tertiary/aromatic N) is 3. The number of nitro benzene ring substituents is 1. The highest BCUT2D eigenvalue weighted by atomic mass is 16.6. The molecule has 0 saturated carbocycles. The smallest absolute Gasteiger partial charge is 0.269 e. The van der Waals surface area contributed by atoms with E-state index in [2.05, 4.69) is 47.5 Å². The van der Waals surface area contributed by atoms with Crippen molar-refractivity contribution in [1.29, 1.82) is 0 Å². The van der Waals surface area contributed by atoms with Gasteiger partial charge in [0.15, 0.2) is 0 Å². The van der Waals surface area contributed by atoms with Crippen molar-refractivity contribution in [2.24, 2.45) is 5.10 Å². The van der Waals surface area contributed by atoms with E-state index in [0.29, 0.717) is 0 Å². The molecule has 0 radical (unpaired) electrons. The normalized spacial score (nSPS) is 15.6. The molecule has 29 heavy (non-hydrogen) atoms. The number of piperazine rings is 1. The number of rotatable bonds is 5. The minimum absolute atomic E-state index is 0.104. The minimum Gasteiger partial charge on any atom is -0.328 e. The Morgan fingerprint density at radius 3 is 2.45 bits per heavy atom. The van der Waals surface area contributed by atoms with Gasteiger partial charge in [-0.3, -0.25) is 15.1 Å². The van der Waals surface area contributed by atoms with Gasteiger partial charge in [0.1, 0.15) is 6.54 Å². The van der Waals surface area contributed by atoms with Crippen molar-refractivity contribution in [3.8, 4) is 0 Å². The van der Waals surface area contributed by atoms with Crippen LogP contribution in [-0.4, -0.2) is 41.8 Å². The van der Waals surface area contributed by atoms with E-state index in [1.807, 2.05) is 6.92 Å². The van der Waals surface area contributed by atoms with Crippen molar-refractivity contribution in [2.75, 3.05) is 26.2 Å². The summed E-state index contributed by atoms with van der Waals surface area (Å²) in [6.45, 7) is 6.88. The van der Waals surface area contributed by atoms with E-state index in [9.17, 15) is 10.1 Å². The van der Waals surface area contributed by atoms with Crippen LogP contribution in [0.5, 0.6) is 0 Å². The van der Waals surface area contributed by atoms with Crippen molar-refractivity contribution in [2.45, 2.75) is 13.5 Å². The number of hydrazone groups is 1. The Bertz CT molecular complexity index is 1030. The summed E-state index contributed by atoms with van der Waals surface area (Å²) in [5.74, 6) is 0. The molecule has 3 aromatic rings. The molecule has 1 fully saturated rings. The molecule has 1 aliphatic rings. The zero-order valence-corrected chi connectivity index (χ0v) is 16.5. The van der Waals surface area contributed by atoms with E-state index in [4.69, 9.17) is 5.10 Å². The first-order valence-electron chi connectivity index (χ1n) is 9.95. The first-order chi connectivity index (χ1) is 14.1. The van der Waals surface area contributed by atoms with Gasteiger partial charge in [0.25, 0.3) is 5.69 Å². The van der Waals surface area contributed by atoms with Crippen molar-refractivity contribution >= 4 is 22.2 Å². The first-order valence-corrected chi connectivity index (χ1v) is 9.95. The molecule has 1 aliphatic heterocycles. The monoisotopic (exact) mass is 389 g/mol. The lowest BCUT2D eigenvalue weighted by Gasteiger charge is -2.31. The second-order valence-corrected chi connectivity index (χ2v) is 7.51. The molecule has 0 aliphatic carbocycles. The second kappa shape index (κ2) is 8.41. The third-order valence-electron chi connectivity index (χ3n) is 5.55. The summed E-state index contributed by atoms with van der Waals surface area (Å²) in [7, 11) is 0. The maximum Gasteiger partial charge on any atom is 0.269 e. The standard InChI is InChI=1S/C23H24N4O2/c1-18(19-9-11-22(12-10-19)27(28)29)24-26-15-13-25(14-16-26)17-21-7-4-6-20-5-2-3-8-23(20)21/h2-12H,13-17H2,1H3/p+1/b24-18-. The van der Waals surface area contributed by atoms with E-state index < -0.39 is 0 Å². The molecule has 6 heteroatoms. The third kappa shape index (κ3) is 4.43. The van der Waals surface area contributed by atoms with E-state index in [0.717, 1.165) is 44.0 Å². The number of nitrogens with one attached hydrogen (secondary N) is 1. The minimum atomic E-state index is -0.381. The number of benzene rings is 3. The van der Waals surface area contributed by atoms with Crippen LogP contribution in [0.15, 0.2) is 71.8 Å². The van der Waals surface area contributed by atoms with Gasteiger partial charge in [0, 0.05) is 17.7 Å². The predicted molar refractivity (Wildman–Crippen MR) is 115 cm³/mol. The van der Waals surface area contributed by atoms with Gasteiger partial charge in [-0.1, -0.05) is 42.5 Å². The van der Waals surface area contributed by atoms with Crippen molar-refractivity contribution in [3.63, 3.8) is 0 Å². The van der Waals surface area contributed by atoms with Crippen LogP contribution < -0.4 is 4.90 Å². The van der Waals surface area contributed by atoms with Gasteiger partial charge in [-0.15, -0.1) is 0 Å². The fourth-order valence-electron chi connectivity index (χ4n) is 3.90. The highest BCUT2D eigenvalue weighted by Crippen LogP contribution is 2.18. The fourth-order valence-corrected chi connectivity index (χ4v) is 3.90. The molecular weight excluding hydrogens is 364 g/mol. The van der Waals surface area contributed by atoms with Crippen LogP contribution >= 0.6 is 0 Å². The summed E-state index contributed by atoms with van der Waals surface area (Å²) in [6, 6.07) is 21.7. The van der Waals surface area contributed by atoms with Crippen LogP contribution in [0.2, 0.25) is 0 Å². The summed E-state index contributed by atoms with van der Waals surface area (Å²) in [5.41, 5.74) is 3.31. The number of quaternary nitrogens is 1. The van der Waals surface area contributed by atoms with Crippen molar-refractivity contribution in [3.05, 3.63) is 88.0 Å². The molecule has 1 saturated heterocycles. The molecule has 0 atom stereocenters. The topological polar surface area (TPSA) is 63.2 Å². The summed E-state index contributed by atoms with van der Waals surface area (Å²) < 4.78 is 0. The Labute approximate surface area is 170 Å². The molecule has 0 bridgehead atoms. The van der Waals surface area contributed by atoms with E-state index in [1.165, 1.54) is 28.5 Å². The first kappa shape index (κ1) is 19.1. The molecule has 148 valence electrons. The molecule has 1 N–H and O–H groups in total. The van der Waals surface area contributed by atoms with Crippen LogP contribution in [0.1, 0.15) is 18.1 Å². The summed E-state index contributed by atoms with van der Waals surface area (Å²) in [6.07, 6.45) is 0. The number of hydrogen-bond donors (Lipinski definition) is 1. The Hall–Kier alpha value is -3.25. The largest absolute Gasteiger partial charge is 0.328 e. The van der Waals surface area contributed by atoms with Gasteiger partial charge in [0.05, 0.1) is 36.8 Å². The second-order valence-electron chi connectivity index (χ2n) is 7.51. The van der Waals surface area contributed by atoms with E-state index in [1.54, 1.807) is 17.0 Å². The quantitative estimate of drug-likeness (QED) is 0.415. The zero-order chi connectivity index (χ0) is 20.2. The van der Waals surface area contributed by atoms with Crippen molar-refractivity contribution < 1.29 is 9.82 Å². The molecule has 0 aromatic heterocycles. The number of nitro groups is 1. The van der Waals surface area contributed by atoms with E-state index in [-0.39, 0.29) is 10.6 Å². The molecule has 0 spiro atoms. The lowest BCUT2D eigenvalue weighted by molar-refractivity contribution is -0.918. The van der Waals surface area contributed by atoms with Crippen molar-refractivity contribution in [1.82, 2.24) is 5.01 Å². The van der Waals surface area contributed by atoms with Crippen LogP contribution in [-0.2, 0) is 6.54 Å². The van der Waals surface area contributed by atoms with Crippen LogP contribution in [0.4, 0.5) is 5.69 Å². The van der Waals surface area contributed by atoms with Gasteiger partial charge < -0.3 is 4.90 Å². The lowest BCUT2D eigenvalue weighted by Crippen LogP contribution is -3.13. The Morgan fingerprint density at radius 1 is 1.03 bits per heavy atom. The molecule has 0 unspecified atom stereocenters. The molecular formula is C23H25N4O2+. The van der Waals surface area contributed by atoms with Crippen LogP contribution in [0.25, 0.3) is 10.8 Å². The Kier molecular flexibility index (Phi) is 5.53. The highest BCUT2D eigenvalue weighted by Gasteiger charge is 2.20. The molecule has 6 nitrogen and oxygen atoms in total. The van der Waals surface area contributed by atoms with Gasteiger partial charge in [-0.25, -0.2) is 0 Å². The summed E-state index contributed by atoms with van der Waals surface area (Å²) >= 11 is 0. The predicted octanol–water partition coefficient (Wildman–Crippen LogP) is 2.87. The SMILES string of the molecule is C/C(=N/N1CC[NH+](Cc2cccc3ccccc23)CC1)c1ccc([N+](=O)[O-])cc1. The van der Waals surface area contributed by atoms with Gasteiger partial charge in [-0.05, 0) is 35.4 Å². The van der Waals surface area contributed by atoms with E-state index >= 15 is 0 Å². The molecule has 3 aromatic carbocycles. The van der Waals surface area contributed by atoms with Gasteiger partial charge in [-0.2, -0.15) is 5.10 Å². The van der Waals surface area contributed by atoms with Crippen LogP contribution in [0.3, 0.4) is 0 Å². The lowest BCUT2D eigenvalue weighted by atomic mass is 10.0.